The summed E-state index contributed by atoms with van der Waals surface area (Å²) in [6.45, 7) is 2.56. The van der Waals surface area contributed by atoms with E-state index in [4.69, 9.17) is 10.8 Å². The van der Waals surface area contributed by atoms with Gasteiger partial charge in [0.15, 0.2) is 5.69 Å². The summed E-state index contributed by atoms with van der Waals surface area (Å²) in [6, 6.07) is 24.0. The summed E-state index contributed by atoms with van der Waals surface area (Å²) >= 11 is 0. The SMILES string of the molecule is Cc1nn(-c2cnc(C(N)=O)c(NCCc3ccccn3)c2)c2cccc(-c3cnc4ccccc4c3)c12. The smallest absolute Gasteiger partial charge is 0.269 e. The number of primary amides is 1. The van der Waals surface area contributed by atoms with Gasteiger partial charge < -0.3 is 11.1 Å². The molecule has 0 bridgehead atoms. The third-order valence-corrected chi connectivity index (χ3v) is 6.56. The van der Waals surface area contributed by atoms with E-state index in [1.54, 1.807) is 12.4 Å². The molecule has 0 fully saturated rings. The minimum absolute atomic E-state index is 0.186. The normalized spacial score (nSPS) is 11.2. The molecule has 2 aromatic carbocycles. The number of nitrogens with two attached hydrogens (primary N) is 1. The van der Waals surface area contributed by atoms with Crippen molar-refractivity contribution in [2.75, 3.05) is 11.9 Å². The monoisotopic (exact) mass is 499 g/mol. The highest BCUT2D eigenvalue weighted by atomic mass is 16.1. The minimum Gasteiger partial charge on any atom is -0.383 e. The number of benzene rings is 2. The average Bonchev–Trinajstić information content (AvgIpc) is 3.29. The van der Waals surface area contributed by atoms with Gasteiger partial charge in [0.1, 0.15) is 0 Å². The molecule has 38 heavy (non-hydrogen) atoms. The number of hydrogen-bond acceptors (Lipinski definition) is 6. The van der Waals surface area contributed by atoms with Crippen LogP contribution in [0.15, 0.2) is 91.4 Å². The van der Waals surface area contributed by atoms with Gasteiger partial charge in [-0.2, -0.15) is 5.10 Å². The van der Waals surface area contributed by atoms with E-state index in [-0.39, 0.29) is 5.69 Å². The topological polar surface area (TPSA) is 112 Å². The van der Waals surface area contributed by atoms with Crippen LogP contribution in [0, 0.1) is 6.92 Å². The van der Waals surface area contributed by atoms with E-state index in [0.29, 0.717) is 18.7 Å². The van der Waals surface area contributed by atoms with Crippen molar-refractivity contribution in [2.24, 2.45) is 5.73 Å². The molecule has 0 radical (unpaired) electrons. The molecule has 6 aromatic rings. The lowest BCUT2D eigenvalue weighted by Crippen LogP contribution is -2.18. The van der Waals surface area contributed by atoms with Crippen LogP contribution in [0.5, 0.6) is 0 Å². The Kier molecular flexibility index (Phi) is 5.97. The third-order valence-electron chi connectivity index (χ3n) is 6.56. The Hall–Kier alpha value is -5.11. The lowest BCUT2D eigenvalue weighted by atomic mass is 10.0. The zero-order valence-electron chi connectivity index (χ0n) is 20.8. The van der Waals surface area contributed by atoms with Gasteiger partial charge in [0.2, 0.25) is 0 Å². The Balaban J connectivity index is 1.39. The van der Waals surface area contributed by atoms with Gasteiger partial charge >= 0.3 is 0 Å². The van der Waals surface area contributed by atoms with Crippen molar-refractivity contribution in [3.63, 3.8) is 0 Å². The molecule has 4 heterocycles. The van der Waals surface area contributed by atoms with Gasteiger partial charge in [0.25, 0.3) is 5.91 Å². The lowest BCUT2D eigenvalue weighted by molar-refractivity contribution is 0.0996. The molecule has 0 unspecified atom stereocenters. The molecule has 6 rings (SSSR count). The van der Waals surface area contributed by atoms with Crippen molar-refractivity contribution >= 4 is 33.4 Å². The van der Waals surface area contributed by atoms with Crippen molar-refractivity contribution in [2.45, 2.75) is 13.3 Å². The summed E-state index contributed by atoms with van der Waals surface area (Å²) < 4.78 is 1.85. The van der Waals surface area contributed by atoms with E-state index in [1.165, 1.54) is 0 Å². The molecule has 0 aliphatic heterocycles. The maximum atomic E-state index is 12.1. The second kappa shape index (κ2) is 9.74. The van der Waals surface area contributed by atoms with Crippen LogP contribution in [-0.2, 0) is 6.42 Å². The first kappa shape index (κ1) is 23.3. The molecule has 8 heteroatoms. The van der Waals surface area contributed by atoms with E-state index in [2.05, 4.69) is 38.5 Å². The first-order valence-corrected chi connectivity index (χ1v) is 12.4. The largest absolute Gasteiger partial charge is 0.383 e. The fraction of sp³-hybridized carbons (Fsp3) is 0.100. The zero-order valence-corrected chi connectivity index (χ0v) is 20.8. The van der Waals surface area contributed by atoms with Crippen LogP contribution < -0.4 is 11.1 Å². The number of para-hydroxylation sites is 1. The summed E-state index contributed by atoms with van der Waals surface area (Å²) in [5.41, 5.74) is 12.9. The van der Waals surface area contributed by atoms with Crippen LogP contribution in [0.2, 0.25) is 0 Å². The number of carbonyl (C=O) groups is 1. The molecule has 186 valence electrons. The van der Waals surface area contributed by atoms with Crippen LogP contribution in [0.4, 0.5) is 5.69 Å². The van der Waals surface area contributed by atoms with Crippen molar-refractivity contribution in [3.05, 3.63) is 108 Å². The predicted octanol–water partition coefficient (Wildman–Crippen LogP) is 5.09. The Morgan fingerprint density at radius 1 is 0.947 bits per heavy atom. The fourth-order valence-electron chi connectivity index (χ4n) is 4.78. The standard InChI is InChI=1S/C30H25N7O/c1-19-28-24(21-15-20-7-2-3-10-25(20)34-17-21)9-6-11-27(28)37(36-19)23-16-26(29(30(31)38)35-18-23)33-14-12-22-8-4-5-13-32-22/h2-11,13,15-18,33H,12,14H2,1H3,(H2,31,38). The van der Waals surface area contributed by atoms with Crippen LogP contribution >= 0.6 is 0 Å². The summed E-state index contributed by atoms with van der Waals surface area (Å²) in [7, 11) is 0. The molecule has 0 spiro atoms. The molecule has 3 N–H and O–H groups in total. The minimum atomic E-state index is -0.593. The maximum absolute atomic E-state index is 12.1. The van der Waals surface area contributed by atoms with Gasteiger partial charge in [-0.15, -0.1) is 0 Å². The molecule has 1 amide bonds. The molecule has 0 saturated carbocycles. The van der Waals surface area contributed by atoms with Crippen LogP contribution in [0.25, 0.3) is 38.6 Å². The quantitative estimate of drug-likeness (QED) is 0.316. The highest BCUT2D eigenvalue weighted by molar-refractivity contribution is 5.99. The average molecular weight is 500 g/mol. The lowest BCUT2D eigenvalue weighted by Gasteiger charge is -2.12. The van der Waals surface area contributed by atoms with E-state index in [1.807, 2.05) is 72.4 Å². The summed E-state index contributed by atoms with van der Waals surface area (Å²) in [5, 5.41) is 10.3. The zero-order chi connectivity index (χ0) is 26.1. The number of aromatic nitrogens is 5. The molecule has 0 atom stereocenters. The van der Waals surface area contributed by atoms with Crippen molar-refractivity contribution in [3.8, 4) is 16.8 Å². The van der Waals surface area contributed by atoms with Gasteiger partial charge in [-0.3, -0.25) is 14.8 Å². The Bertz CT molecular complexity index is 1790. The Morgan fingerprint density at radius 2 is 1.82 bits per heavy atom. The summed E-state index contributed by atoms with van der Waals surface area (Å²) in [4.78, 5) is 25.5. The second-order valence-corrected chi connectivity index (χ2v) is 9.07. The number of nitrogens with one attached hydrogen (secondary N) is 1. The van der Waals surface area contributed by atoms with Crippen LogP contribution in [0.3, 0.4) is 0 Å². The molecule has 0 saturated heterocycles. The van der Waals surface area contributed by atoms with Gasteiger partial charge in [-0.1, -0.05) is 36.4 Å². The number of nitrogens with zero attached hydrogens (tertiary/aromatic N) is 5. The van der Waals surface area contributed by atoms with Gasteiger partial charge in [-0.05, 0) is 48.9 Å². The fourth-order valence-corrected chi connectivity index (χ4v) is 4.78. The second-order valence-electron chi connectivity index (χ2n) is 9.07. The molecular weight excluding hydrogens is 474 g/mol. The van der Waals surface area contributed by atoms with E-state index < -0.39 is 5.91 Å². The first-order chi connectivity index (χ1) is 18.6. The Morgan fingerprint density at radius 3 is 2.66 bits per heavy atom. The van der Waals surface area contributed by atoms with Crippen molar-refractivity contribution < 1.29 is 4.79 Å². The highest BCUT2D eigenvalue weighted by Gasteiger charge is 2.17. The van der Waals surface area contributed by atoms with Crippen LogP contribution in [-0.4, -0.2) is 37.2 Å². The first-order valence-electron chi connectivity index (χ1n) is 12.4. The van der Waals surface area contributed by atoms with Gasteiger partial charge in [-0.25, -0.2) is 9.67 Å². The number of aryl methyl sites for hydroxylation is 1. The Labute approximate surface area is 219 Å². The highest BCUT2D eigenvalue weighted by Crippen LogP contribution is 2.33. The number of rotatable bonds is 7. The molecule has 8 nitrogen and oxygen atoms in total. The van der Waals surface area contributed by atoms with Crippen molar-refractivity contribution in [1.82, 2.24) is 24.7 Å². The number of pyridine rings is 3. The maximum Gasteiger partial charge on any atom is 0.269 e. The molecule has 0 aliphatic rings. The van der Waals surface area contributed by atoms with Gasteiger partial charge in [0, 0.05) is 47.4 Å². The van der Waals surface area contributed by atoms with Crippen LogP contribution in [0.1, 0.15) is 21.9 Å². The predicted molar refractivity (Wildman–Crippen MR) is 149 cm³/mol. The summed E-state index contributed by atoms with van der Waals surface area (Å²) in [6.07, 6.45) is 5.98. The van der Waals surface area contributed by atoms with E-state index in [9.17, 15) is 4.79 Å². The molecule has 0 aliphatic carbocycles. The number of hydrogen-bond donors (Lipinski definition) is 2. The number of amides is 1. The third kappa shape index (κ3) is 4.32. The van der Waals surface area contributed by atoms with E-state index in [0.717, 1.165) is 50.0 Å². The molecule has 4 aromatic heterocycles. The van der Waals surface area contributed by atoms with Gasteiger partial charge in [0.05, 0.1) is 34.3 Å². The molecular formula is C30H25N7O. The van der Waals surface area contributed by atoms with Crippen molar-refractivity contribution in [1.29, 1.82) is 0 Å². The number of fused-ring (bicyclic) bond motifs is 2. The summed E-state index contributed by atoms with van der Waals surface area (Å²) in [5.74, 6) is -0.593. The number of anilines is 1. The number of carbonyl (C=O) groups excluding carboxylic acids is 1. The van der Waals surface area contributed by atoms with E-state index >= 15 is 0 Å².